The number of benzene rings is 2. The number of hydrogen-bond donors (Lipinski definition) is 0. The monoisotopic (exact) mass is 566 g/mol. The number of nitrogens with zero attached hydrogens (tertiary/aromatic N) is 2. The maximum absolute atomic E-state index is 13.1. The summed E-state index contributed by atoms with van der Waals surface area (Å²) in [5.41, 5.74) is 3.19. The van der Waals surface area contributed by atoms with Crippen molar-refractivity contribution in [1.82, 2.24) is 9.88 Å². The van der Waals surface area contributed by atoms with E-state index < -0.39 is 21.3 Å². The van der Waals surface area contributed by atoms with Crippen molar-refractivity contribution < 1.29 is 27.1 Å². The second kappa shape index (κ2) is 10.8. The lowest BCUT2D eigenvalue weighted by molar-refractivity contribution is -0.0272. The molecule has 2 aliphatic rings. The van der Waals surface area contributed by atoms with E-state index in [1.807, 2.05) is 39.0 Å². The quantitative estimate of drug-likeness (QED) is 0.371. The van der Waals surface area contributed by atoms with Gasteiger partial charge in [-0.3, -0.25) is 4.98 Å². The molecular formula is C31H35FN2O5S. The standard InChI is InChI=1S/C31H35FN2O5S/c1-30(2,3)39-29(35)34-16-14-31(15-17-34)13-12-25-18-24(7-11-28(25)38-31)27-10-6-23(19-33-27)21-40(36,37)20-22-4-8-26(32)9-5-22/h4-11,18-19H,12-17,20-21H2,1-3H3. The summed E-state index contributed by atoms with van der Waals surface area (Å²) in [4.78, 5) is 18.7. The number of likely N-dealkylation sites (tertiary alicyclic amines) is 1. The summed E-state index contributed by atoms with van der Waals surface area (Å²) in [6, 6.07) is 15.2. The second-order valence-electron chi connectivity index (χ2n) is 11.8. The first kappa shape index (κ1) is 28.1. The maximum Gasteiger partial charge on any atom is 0.410 e. The third-order valence-corrected chi connectivity index (χ3v) is 8.92. The molecule has 2 aliphatic heterocycles. The highest BCUT2D eigenvalue weighted by atomic mass is 32.2. The van der Waals surface area contributed by atoms with Gasteiger partial charge in [-0.2, -0.15) is 0 Å². The van der Waals surface area contributed by atoms with E-state index in [0.717, 1.165) is 48.3 Å². The van der Waals surface area contributed by atoms with E-state index in [-0.39, 0.29) is 23.2 Å². The summed E-state index contributed by atoms with van der Waals surface area (Å²) >= 11 is 0. The molecule has 0 saturated carbocycles. The number of piperidine rings is 1. The molecule has 3 aromatic rings. The van der Waals surface area contributed by atoms with Crippen LogP contribution in [0.2, 0.25) is 0 Å². The Bertz CT molecular complexity index is 1470. The summed E-state index contributed by atoms with van der Waals surface area (Å²) in [5.74, 6) is 0.183. The van der Waals surface area contributed by atoms with Gasteiger partial charge in [0.2, 0.25) is 0 Å². The molecule has 1 aromatic heterocycles. The Morgan fingerprint density at radius 1 is 1.00 bits per heavy atom. The van der Waals surface area contributed by atoms with Crippen LogP contribution in [0.3, 0.4) is 0 Å². The molecule has 0 atom stereocenters. The molecule has 1 saturated heterocycles. The van der Waals surface area contributed by atoms with E-state index >= 15 is 0 Å². The lowest BCUT2D eigenvalue weighted by Gasteiger charge is -2.44. The Morgan fingerprint density at radius 3 is 2.33 bits per heavy atom. The summed E-state index contributed by atoms with van der Waals surface area (Å²) in [7, 11) is -3.43. The number of ether oxygens (including phenoxy) is 2. The number of halogens is 1. The highest BCUT2D eigenvalue weighted by molar-refractivity contribution is 7.89. The third-order valence-electron chi connectivity index (χ3n) is 7.37. The number of pyridine rings is 1. The molecule has 1 fully saturated rings. The predicted octanol–water partition coefficient (Wildman–Crippen LogP) is 6.10. The summed E-state index contributed by atoms with van der Waals surface area (Å²) in [5, 5.41) is 0. The Labute approximate surface area is 235 Å². The van der Waals surface area contributed by atoms with E-state index in [0.29, 0.717) is 24.2 Å². The molecule has 0 aliphatic carbocycles. The molecule has 3 heterocycles. The van der Waals surface area contributed by atoms with Crippen molar-refractivity contribution in [3.05, 3.63) is 83.3 Å². The minimum Gasteiger partial charge on any atom is -0.487 e. The molecule has 40 heavy (non-hydrogen) atoms. The number of carbonyl (C=O) groups excluding carboxylic acids is 1. The molecule has 9 heteroatoms. The van der Waals surface area contributed by atoms with Crippen molar-refractivity contribution in [2.24, 2.45) is 0 Å². The van der Waals surface area contributed by atoms with Crippen molar-refractivity contribution >= 4 is 15.9 Å². The van der Waals surface area contributed by atoms with Crippen molar-refractivity contribution in [3.63, 3.8) is 0 Å². The van der Waals surface area contributed by atoms with Gasteiger partial charge in [0, 0.05) is 37.7 Å². The molecule has 1 amide bonds. The van der Waals surface area contributed by atoms with Crippen LogP contribution in [-0.4, -0.2) is 48.7 Å². The lowest BCUT2D eigenvalue weighted by atomic mass is 9.83. The first-order valence-corrected chi connectivity index (χ1v) is 15.4. The molecular weight excluding hydrogens is 531 g/mol. The molecule has 7 nitrogen and oxygen atoms in total. The zero-order valence-electron chi connectivity index (χ0n) is 23.2. The average molecular weight is 567 g/mol. The molecule has 5 rings (SSSR count). The number of aromatic nitrogens is 1. The zero-order valence-corrected chi connectivity index (χ0v) is 24.0. The van der Waals surface area contributed by atoms with Crippen LogP contribution >= 0.6 is 0 Å². The van der Waals surface area contributed by atoms with Crippen LogP contribution in [0, 0.1) is 5.82 Å². The van der Waals surface area contributed by atoms with Gasteiger partial charge in [-0.15, -0.1) is 0 Å². The van der Waals surface area contributed by atoms with E-state index in [4.69, 9.17) is 9.47 Å². The maximum atomic E-state index is 13.1. The van der Waals surface area contributed by atoms with Crippen LogP contribution < -0.4 is 4.74 Å². The first-order chi connectivity index (χ1) is 18.9. The van der Waals surface area contributed by atoms with Crippen LogP contribution in [0.5, 0.6) is 5.75 Å². The van der Waals surface area contributed by atoms with Crippen molar-refractivity contribution in [2.45, 2.75) is 69.2 Å². The minimum atomic E-state index is -3.43. The van der Waals surface area contributed by atoms with Crippen LogP contribution in [0.1, 0.15) is 56.7 Å². The van der Waals surface area contributed by atoms with Crippen LogP contribution in [-0.2, 0) is 32.5 Å². The minimum absolute atomic E-state index is 0.136. The van der Waals surface area contributed by atoms with E-state index in [1.165, 1.54) is 24.3 Å². The Balaban J connectivity index is 1.20. The van der Waals surface area contributed by atoms with Crippen molar-refractivity contribution in [2.75, 3.05) is 13.1 Å². The molecule has 2 aromatic carbocycles. The van der Waals surface area contributed by atoms with Gasteiger partial charge in [0.05, 0.1) is 17.2 Å². The number of fused-ring (bicyclic) bond motifs is 1. The summed E-state index contributed by atoms with van der Waals surface area (Å²) < 4.78 is 50.5. The smallest absolute Gasteiger partial charge is 0.410 e. The van der Waals surface area contributed by atoms with Gasteiger partial charge in [0.15, 0.2) is 9.84 Å². The number of carbonyl (C=O) groups is 1. The van der Waals surface area contributed by atoms with Gasteiger partial charge >= 0.3 is 6.09 Å². The van der Waals surface area contributed by atoms with Gasteiger partial charge in [-0.25, -0.2) is 17.6 Å². The predicted molar refractivity (Wildman–Crippen MR) is 151 cm³/mol. The SMILES string of the molecule is CC(C)(C)OC(=O)N1CCC2(CCc3cc(-c4ccc(CS(=O)(=O)Cc5ccc(F)cc5)cn4)ccc3O2)CC1. The molecule has 0 unspecified atom stereocenters. The largest absolute Gasteiger partial charge is 0.487 e. The number of aryl methyl sites for hydroxylation is 1. The van der Waals surface area contributed by atoms with Crippen LogP contribution in [0.25, 0.3) is 11.3 Å². The normalized spacial score (nSPS) is 16.8. The van der Waals surface area contributed by atoms with Crippen LogP contribution in [0.4, 0.5) is 9.18 Å². The topological polar surface area (TPSA) is 85.8 Å². The molecule has 0 radical (unpaired) electrons. The Kier molecular flexibility index (Phi) is 7.61. The summed E-state index contributed by atoms with van der Waals surface area (Å²) in [6.45, 7) is 6.84. The average Bonchev–Trinajstić information content (AvgIpc) is 2.89. The fourth-order valence-electron chi connectivity index (χ4n) is 5.28. The van der Waals surface area contributed by atoms with Gasteiger partial charge in [0.25, 0.3) is 0 Å². The zero-order chi connectivity index (χ0) is 28.5. The molecule has 0 bridgehead atoms. The van der Waals surface area contributed by atoms with Crippen molar-refractivity contribution in [3.8, 4) is 17.0 Å². The molecule has 0 N–H and O–H groups in total. The van der Waals surface area contributed by atoms with E-state index in [2.05, 4.69) is 11.1 Å². The second-order valence-corrected chi connectivity index (χ2v) is 13.8. The number of amides is 1. The number of sulfone groups is 1. The lowest BCUT2D eigenvalue weighted by Crippen LogP contribution is -2.52. The third kappa shape index (κ3) is 6.81. The van der Waals surface area contributed by atoms with E-state index in [9.17, 15) is 17.6 Å². The fraction of sp³-hybridized carbons (Fsp3) is 0.419. The summed E-state index contributed by atoms with van der Waals surface area (Å²) in [6.07, 6.45) is 4.61. The Hall–Kier alpha value is -3.46. The van der Waals surface area contributed by atoms with Gasteiger partial charge in [-0.05, 0) is 86.7 Å². The first-order valence-electron chi connectivity index (χ1n) is 13.6. The van der Waals surface area contributed by atoms with Crippen LogP contribution in [0.15, 0.2) is 60.8 Å². The van der Waals surface area contributed by atoms with Gasteiger partial charge in [0.1, 0.15) is 22.8 Å². The Morgan fingerprint density at radius 2 is 1.68 bits per heavy atom. The number of hydrogen-bond acceptors (Lipinski definition) is 6. The van der Waals surface area contributed by atoms with Gasteiger partial charge in [-0.1, -0.05) is 18.2 Å². The van der Waals surface area contributed by atoms with E-state index in [1.54, 1.807) is 17.2 Å². The van der Waals surface area contributed by atoms with Crippen molar-refractivity contribution in [1.29, 1.82) is 0 Å². The number of rotatable bonds is 5. The van der Waals surface area contributed by atoms with Gasteiger partial charge < -0.3 is 14.4 Å². The highest BCUT2D eigenvalue weighted by Crippen LogP contribution is 2.40. The fourth-order valence-corrected chi connectivity index (χ4v) is 6.76. The highest BCUT2D eigenvalue weighted by Gasteiger charge is 2.41. The molecule has 1 spiro atoms. The molecule has 212 valence electrons.